The van der Waals surface area contributed by atoms with Gasteiger partial charge in [0.05, 0.1) is 0 Å². The van der Waals surface area contributed by atoms with Gasteiger partial charge in [0.25, 0.3) is 0 Å². The summed E-state index contributed by atoms with van der Waals surface area (Å²) >= 11 is 0. The Labute approximate surface area is 55.0 Å². The van der Waals surface area contributed by atoms with Gasteiger partial charge in [-0.1, -0.05) is 6.92 Å². The number of carbonyl (C=O) groups excluding carboxylic acids is 1. The smallest absolute Gasteiger partial charge is 0.245 e. The van der Waals surface area contributed by atoms with Crippen molar-refractivity contribution in [2.24, 2.45) is 10.9 Å². The van der Waals surface area contributed by atoms with Crippen LogP contribution in [0.4, 0.5) is 0 Å². The number of amides is 1. The molecule has 1 heterocycles. The number of carbonyl (C=O) groups is 1. The van der Waals surface area contributed by atoms with E-state index in [0.29, 0.717) is 12.3 Å². The lowest BCUT2D eigenvalue weighted by atomic mass is 9.98. The van der Waals surface area contributed by atoms with Gasteiger partial charge in [0.15, 0.2) is 0 Å². The molecule has 0 N–H and O–H groups in total. The van der Waals surface area contributed by atoms with Gasteiger partial charge in [-0.25, -0.2) is 4.99 Å². The number of aliphatic imine (C=N–C) groups is 1. The summed E-state index contributed by atoms with van der Waals surface area (Å²) in [6, 6.07) is 0. The van der Waals surface area contributed by atoms with Crippen molar-refractivity contribution in [3.8, 4) is 0 Å². The van der Waals surface area contributed by atoms with Gasteiger partial charge in [0, 0.05) is 12.1 Å². The largest absolute Gasteiger partial charge is 0.273 e. The van der Waals surface area contributed by atoms with Gasteiger partial charge in [0.2, 0.25) is 5.91 Å². The number of hydrogen-bond donors (Lipinski definition) is 0. The first-order chi connectivity index (χ1) is 4.20. The van der Waals surface area contributed by atoms with Crippen LogP contribution in [0.15, 0.2) is 4.99 Å². The molecule has 0 aromatic rings. The van der Waals surface area contributed by atoms with Crippen LogP contribution in [0.5, 0.6) is 0 Å². The highest BCUT2D eigenvalue weighted by Gasteiger charge is 2.14. The van der Waals surface area contributed by atoms with Crippen LogP contribution in [0.1, 0.15) is 26.7 Å². The Kier molecular flexibility index (Phi) is 1.65. The van der Waals surface area contributed by atoms with Crippen molar-refractivity contribution >= 4 is 11.6 Å². The molecule has 2 heteroatoms. The Morgan fingerprint density at radius 1 is 1.67 bits per heavy atom. The number of rotatable bonds is 0. The predicted octanol–water partition coefficient (Wildman–Crippen LogP) is 1.40. The Morgan fingerprint density at radius 3 is 2.78 bits per heavy atom. The monoisotopic (exact) mass is 125 g/mol. The highest BCUT2D eigenvalue weighted by atomic mass is 16.1. The SMILES string of the molecule is CC1=NC(=O)CC[C@@H]1C. The normalized spacial score (nSPS) is 28.0. The highest BCUT2D eigenvalue weighted by Crippen LogP contribution is 2.13. The lowest BCUT2D eigenvalue weighted by molar-refractivity contribution is -0.118. The minimum absolute atomic E-state index is 0.0469. The van der Waals surface area contributed by atoms with Gasteiger partial charge in [-0.15, -0.1) is 0 Å². The first kappa shape index (κ1) is 6.46. The van der Waals surface area contributed by atoms with E-state index < -0.39 is 0 Å². The van der Waals surface area contributed by atoms with Gasteiger partial charge in [-0.3, -0.25) is 4.79 Å². The van der Waals surface area contributed by atoms with E-state index in [4.69, 9.17) is 0 Å². The summed E-state index contributed by atoms with van der Waals surface area (Å²) in [6.07, 6.45) is 1.62. The number of hydrogen-bond acceptors (Lipinski definition) is 1. The third kappa shape index (κ3) is 1.37. The molecule has 0 unspecified atom stereocenters. The third-order valence-electron chi connectivity index (χ3n) is 1.81. The molecule has 1 rings (SSSR count). The fourth-order valence-electron chi connectivity index (χ4n) is 0.912. The fourth-order valence-corrected chi connectivity index (χ4v) is 0.912. The summed E-state index contributed by atoms with van der Waals surface area (Å²) in [5, 5.41) is 0. The Balaban J connectivity index is 2.72. The van der Waals surface area contributed by atoms with E-state index in [1.807, 2.05) is 6.92 Å². The van der Waals surface area contributed by atoms with Gasteiger partial charge in [0.1, 0.15) is 0 Å². The summed E-state index contributed by atoms with van der Waals surface area (Å²) in [5.41, 5.74) is 0.992. The van der Waals surface area contributed by atoms with E-state index >= 15 is 0 Å². The zero-order valence-corrected chi connectivity index (χ0v) is 5.85. The highest BCUT2D eigenvalue weighted by molar-refractivity contribution is 5.97. The molecule has 1 aliphatic heterocycles. The molecule has 0 bridgehead atoms. The van der Waals surface area contributed by atoms with Gasteiger partial charge < -0.3 is 0 Å². The Hall–Kier alpha value is -0.660. The molecular weight excluding hydrogens is 114 g/mol. The molecule has 0 fully saturated rings. The van der Waals surface area contributed by atoms with Gasteiger partial charge in [-0.05, 0) is 19.3 Å². The second kappa shape index (κ2) is 2.29. The predicted molar refractivity (Wildman–Crippen MR) is 36.5 cm³/mol. The van der Waals surface area contributed by atoms with Crippen molar-refractivity contribution in [1.29, 1.82) is 0 Å². The second-order valence-electron chi connectivity index (χ2n) is 2.59. The first-order valence-corrected chi connectivity index (χ1v) is 3.28. The van der Waals surface area contributed by atoms with Crippen molar-refractivity contribution in [2.45, 2.75) is 26.7 Å². The van der Waals surface area contributed by atoms with Crippen LogP contribution >= 0.6 is 0 Å². The van der Waals surface area contributed by atoms with Crippen molar-refractivity contribution in [3.05, 3.63) is 0 Å². The third-order valence-corrected chi connectivity index (χ3v) is 1.81. The molecule has 0 aliphatic carbocycles. The first-order valence-electron chi connectivity index (χ1n) is 3.28. The fraction of sp³-hybridized carbons (Fsp3) is 0.714. The zero-order valence-electron chi connectivity index (χ0n) is 5.85. The average Bonchev–Trinajstić information content (AvgIpc) is 1.80. The van der Waals surface area contributed by atoms with Crippen LogP contribution in [0.25, 0.3) is 0 Å². The van der Waals surface area contributed by atoms with Crippen molar-refractivity contribution in [1.82, 2.24) is 0 Å². The summed E-state index contributed by atoms with van der Waals surface area (Å²) in [5.74, 6) is 0.563. The summed E-state index contributed by atoms with van der Waals surface area (Å²) in [7, 11) is 0. The van der Waals surface area contributed by atoms with Crippen molar-refractivity contribution in [3.63, 3.8) is 0 Å². The minimum atomic E-state index is 0.0469. The van der Waals surface area contributed by atoms with Crippen LogP contribution < -0.4 is 0 Å². The summed E-state index contributed by atoms with van der Waals surface area (Å²) in [4.78, 5) is 14.5. The van der Waals surface area contributed by atoms with Crippen molar-refractivity contribution in [2.75, 3.05) is 0 Å². The maximum absolute atomic E-state index is 10.6. The van der Waals surface area contributed by atoms with Crippen LogP contribution in [0, 0.1) is 5.92 Å². The molecule has 50 valence electrons. The van der Waals surface area contributed by atoms with E-state index in [-0.39, 0.29) is 5.91 Å². The second-order valence-corrected chi connectivity index (χ2v) is 2.59. The molecule has 0 aromatic carbocycles. The van der Waals surface area contributed by atoms with E-state index in [9.17, 15) is 4.79 Å². The van der Waals surface area contributed by atoms with E-state index in [1.165, 1.54) is 0 Å². The topological polar surface area (TPSA) is 29.4 Å². The maximum atomic E-state index is 10.6. The lowest BCUT2D eigenvalue weighted by Crippen LogP contribution is -2.16. The molecule has 0 saturated heterocycles. The van der Waals surface area contributed by atoms with Gasteiger partial charge >= 0.3 is 0 Å². The van der Waals surface area contributed by atoms with Crippen LogP contribution in [-0.2, 0) is 4.79 Å². The average molecular weight is 125 g/mol. The van der Waals surface area contributed by atoms with Gasteiger partial charge in [-0.2, -0.15) is 0 Å². The lowest BCUT2D eigenvalue weighted by Gasteiger charge is -2.13. The number of nitrogens with zero attached hydrogens (tertiary/aromatic N) is 1. The molecule has 0 spiro atoms. The van der Waals surface area contributed by atoms with Crippen LogP contribution in [-0.4, -0.2) is 11.6 Å². The zero-order chi connectivity index (χ0) is 6.85. The molecular formula is C7H11NO. The van der Waals surface area contributed by atoms with Crippen LogP contribution in [0.2, 0.25) is 0 Å². The van der Waals surface area contributed by atoms with Crippen LogP contribution in [0.3, 0.4) is 0 Å². The summed E-state index contributed by atoms with van der Waals surface area (Å²) < 4.78 is 0. The maximum Gasteiger partial charge on any atom is 0.245 e. The molecule has 0 saturated carbocycles. The molecule has 0 radical (unpaired) electrons. The molecule has 1 amide bonds. The Morgan fingerprint density at radius 2 is 2.33 bits per heavy atom. The standard InChI is InChI=1S/C7H11NO/c1-5-3-4-7(9)8-6(5)2/h5H,3-4H2,1-2H3/t5-/m0/s1. The molecule has 1 aliphatic rings. The molecule has 1 atom stereocenters. The van der Waals surface area contributed by atoms with E-state index in [0.717, 1.165) is 12.1 Å². The summed E-state index contributed by atoms with van der Waals surface area (Å²) in [6.45, 7) is 4.02. The molecule has 9 heavy (non-hydrogen) atoms. The Bertz CT molecular complexity index is 160. The van der Waals surface area contributed by atoms with Crippen molar-refractivity contribution < 1.29 is 4.79 Å². The van der Waals surface area contributed by atoms with E-state index in [1.54, 1.807) is 0 Å². The quantitative estimate of drug-likeness (QED) is 0.481. The molecule has 0 aromatic heterocycles. The van der Waals surface area contributed by atoms with E-state index in [2.05, 4.69) is 11.9 Å². The molecule has 2 nitrogen and oxygen atoms in total. The minimum Gasteiger partial charge on any atom is -0.273 e.